The molecule has 12 heavy (non-hydrogen) atoms. The van der Waals surface area contributed by atoms with Crippen molar-refractivity contribution < 1.29 is 0 Å². The Morgan fingerprint density at radius 1 is 1.50 bits per heavy atom. The highest BCUT2D eigenvalue weighted by Crippen LogP contribution is 2.12. The summed E-state index contributed by atoms with van der Waals surface area (Å²) < 4.78 is 0. The molecule has 0 radical (unpaired) electrons. The van der Waals surface area contributed by atoms with E-state index in [1.54, 1.807) is 6.20 Å². The lowest BCUT2D eigenvalue weighted by molar-refractivity contribution is 0.638. The molecular formula is C9H13ClN2. The van der Waals surface area contributed by atoms with Crippen molar-refractivity contribution in [3.63, 3.8) is 0 Å². The third-order valence-corrected chi connectivity index (χ3v) is 2.13. The fourth-order valence-electron chi connectivity index (χ4n) is 0.817. The monoisotopic (exact) mass is 184 g/mol. The average molecular weight is 185 g/mol. The lowest BCUT2D eigenvalue weighted by Gasteiger charge is -2.23. The molecule has 1 aromatic heterocycles. The van der Waals surface area contributed by atoms with Crippen LogP contribution in [0.2, 0.25) is 0 Å². The number of anilines is 1. The van der Waals surface area contributed by atoms with Gasteiger partial charge in [-0.15, -0.1) is 11.6 Å². The molecule has 0 spiro atoms. The molecule has 0 aromatic carbocycles. The zero-order valence-corrected chi connectivity index (χ0v) is 8.10. The molecule has 0 bridgehead atoms. The predicted molar refractivity (Wildman–Crippen MR) is 52.7 cm³/mol. The van der Waals surface area contributed by atoms with Crippen molar-refractivity contribution >= 4 is 17.4 Å². The van der Waals surface area contributed by atoms with E-state index < -0.39 is 0 Å². The second-order valence-corrected chi connectivity index (χ2v) is 3.62. The van der Waals surface area contributed by atoms with E-state index in [0.29, 0.717) is 5.88 Å². The first-order valence-corrected chi connectivity index (χ1v) is 4.43. The molecule has 0 fully saturated rings. The van der Waals surface area contributed by atoms with Crippen molar-refractivity contribution in [1.82, 2.24) is 4.98 Å². The highest BCUT2D eigenvalue weighted by atomic mass is 35.5. The Balaban J connectivity index is 2.64. The van der Waals surface area contributed by atoms with Gasteiger partial charge in [-0.25, -0.2) is 4.98 Å². The minimum atomic E-state index is -0.101. The number of alkyl halides is 1. The van der Waals surface area contributed by atoms with E-state index in [0.717, 1.165) is 5.82 Å². The second kappa shape index (κ2) is 3.76. The van der Waals surface area contributed by atoms with Gasteiger partial charge in [0.25, 0.3) is 0 Å². The molecule has 1 N–H and O–H groups in total. The summed E-state index contributed by atoms with van der Waals surface area (Å²) in [5.41, 5.74) is -0.101. The van der Waals surface area contributed by atoms with E-state index in [2.05, 4.69) is 10.3 Å². The molecule has 0 atom stereocenters. The number of nitrogens with one attached hydrogen (secondary N) is 1. The molecule has 0 aliphatic heterocycles. The SMILES string of the molecule is CC(C)(CCl)Nc1ccccn1. The van der Waals surface area contributed by atoms with Crippen LogP contribution in [-0.4, -0.2) is 16.4 Å². The summed E-state index contributed by atoms with van der Waals surface area (Å²) in [6, 6.07) is 5.76. The van der Waals surface area contributed by atoms with Crippen LogP contribution in [0, 0.1) is 0 Å². The first-order valence-electron chi connectivity index (χ1n) is 3.89. The standard InChI is InChI=1S/C9H13ClN2/c1-9(2,7-10)12-8-5-3-4-6-11-8/h3-6H,7H2,1-2H3,(H,11,12). The fourth-order valence-corrected chi connectivity index (χ4v) is 0.884. The summed E-state index contributed by atoms with van der Waals surface area (Å²) in [4.78, 5) is 4.14. The molecule has 3 heteroatoms. The topological polar surface area (TPSA) is 24.9 Å². The van der Waals surface area contributed by atoms with Crippen molar-refractivity contribution in [1.29, 1.82) is 0 Å². The fraction of sp³-hybridized carbons (Fsp3) is 0.444. The van der Waals surface area contributed by atoms with Gasteiger partial charge in [0.1, 0.15) is 5.82 Å². The van der Waals surface area contributed by atoms with Crippen LogP contribution in [0.25, 0.3) is 0 Å². The number of halogens is 1. The van der Waals surface area contributed by atoms with Crippen LogP contribution in [0.1, 0.15) is 13.8 Å². The molecular weight excluding hydrogens is 172 g/mol. The van der Waals surface area contributed by atoms with Crippen LogP contribution in [-0.2, 0) is 0 Å². The van der Waals surface area contributed by atoms with Crippen LogP contribution in [0.4, 0.5) is 5.82 Å². The average Bonchev–Trinajstić information content (AvgIpc) is 2.06. The Morgan fingerprint density at radius 3 is 2.75 bits per heavy atom. The number of nitrogens with zero attached hydrogens (tertiary/aromatic N) is 1. The Hall–Kier alpha value is -0.760. The van der Waals surface area contributed by atoms with Crippen LogP contribution < -0.4 is 5.32 Å². The van der Waals surface area contributed by atoms with Gasteiger partial charge in [-0.05, 0) is 26.0 Å². The smallest absolute Gasteiger partial charge is 0.126 e. The third-order valence-electron chi connectivity index (χ3n) is 1.47. The van der Waals surface area contributed by atoms with Crippen molar-refractivity contribution in [2.45, 2.75) is 19.4 Å². The molecule has 66 valence electrons. The maximum Gasteiger partial charge on any atom is 0.126 e. The van der Waals surface area contributed by atoms with Crippen LogP contribution in [0.5, 0.6) is 0 Å². The first kappa shape index (κ1) is 9.33. The molecule has 0 saturated carbocycles. The van der Waals surface area contributed by atoms with Crippen molar-refractivity contribution in [2.75, 3.05) is 11.2 Å². The van der Waals surface area contributed by atoms with E-state index in [1.807, 2.05) is 32.0 Å². The zero-order chi connectivity index (χ0) is 9.03. The molecule has 1 aromatic rings. The summed E-state index contributed by atoms with van der Waals surface area (Å²) in [5.74, 6) is 1.42. The van der Waals surface area contributed by atoms with E-state index in [4.69, 9.17) is 11.6 Å². The molecule has 0 aliphatic rings. The lowest BCUT2D eigenvalue weighted by atomic mass is 10.1. The number of pyridine rings is 1. The van der Waals surface area contributed by atoms with Gasteiger partial charge in [-0.2, -0.15) is 0 Å². The molecule has 0 saturated heterocycles. The number of rotatable bonds is 3. The van der Waals surface area contributed by atoms with Gasteiger partial charge in [-0.3, -0.25) is 0 Å². The van der Waals surface area contributed by atoms with Crippen molar-refractivity contribution in [2.24, 2.45) is 0 Å². The summed E-state index contributed by atoms with van der Waals surface area (Å²) in [6.45, 7) is 4.07. The summed E-state index contributed by atoms with van der Waals surface area (Å²) in [6.07, 6.45) is 1.76. The van der Waals surface area contributed by atoms with Crippen LogP contribution >= 0.6 is 11.6 Å². The van der Waals surface area contributed by atoms with Crippen molar-refractivity contribution in [3.8, 4) is 0 Å². The van der Waals surface area contributed by atoms with Gasteiger partial charge in [0.2, 0.25) is 0 Å². The van der Waals surface area contributed by atoms with E-state index >= 15 is 0 Å². The van der Waals surface area contributed by atoms with E-state index in [1.165, 1.54) is 0 Å². The Kier molecular flexibility index (Phi) is 2.93. The summed E-state index contributed by atoms with van der Waals surface area (Å²) in [7, 11) is 0. The Labute approximate surface area is 78.0 Å². The van der Waals surface area contributed by atoms with Crippen LogP contribution in [0.3, 0.4) is 0 Å². The van der Waals surface area contributed by atoms with Gasteiger partial charge in [0, 0.05) is 17.6 Å². The Bertz CT molecular complexity index is 234. The van der Waals surface area contributed by atoms with E-state index in [9.17, 15) is 0 Å². The number of hydrogen-bond acceptors (Lipinski definition) is 2. The molecule has 0 amide bonds. The normalized spacial score (nSPS) is 11.2. The first-order chi connectivity index (χ1) is 5.64. The minimum absolute atomic E-state index is 0.101. The minimum Gasteiger partial charge on any atom is -0.364 e. The predicted octanol–water partition coefficient (Wildman–Crippen LogP) is 2.51. The third kappa shape index (κ3) is 2.70. The maximum atomic E-state index is 5.75. The maximum absolute atomic E-state index is 5.75. The van der Waals surface area contributed by atoms with Gasteiger partial charge in [0.05, 0.1) is 0 Å². The summed E-state index contributed by atoms with van der Waals surface area (Å²) in [5, 5.41) is 3.22. The molecule has 0 unspecified atom stereocenters. The summed E-state index contributed by atoms with van der Waals surface area (Å²) >= 11 is 5.75. The van der Waals surface area contributed by atoms with Gasteiger partial charge >= 0.3 is 0 Å². The Morgan fingerprint density at radius 2 is 2.25 bits per heavy atom. The highest BCUT2D eigenvalue weighted by Gasteiger charge is 2.15. The number of hydrogen-bond donors (Lipinski definition) is 1. The van der Waals surface area contributed by atoms with E-state index in [-0.39, 0.29) is 5.54 Å². The van der Waals surface area contributed by atoms with Gasteiger partial charge < -0.3 is 5.32 Å². The van der Waals surface area contributed by atoms with Gasteiger partial charge in [-0.1, -0.05) is 6.07 Å². The quantitative estimate of drug-likeness (QED) is 0.731. The molecule has 0 aliphatic carbocycles. The zero-order valence-electron chi connectivity index (χ0n) is 7.34. The van der Waals surface area contributed by atoms with Crippen LogP contribution in [0.15, 0.2) is 24.4 Å². The van der Waals surface area contributed by atoms with Gasteiger partial charge in [0.15, 0.2) is 0 Å². The molecule has 1 rings (SSSR count). The molecule has 1 heterocycles. The second-order valence-electron chi connectivity index (χ2n) is 3.36. The largest absolute Gasteiger partial charge is 0.364 e. The lowest BCUT2D eigenvalue weighted by Crippen LogP contribution is -2.33. The molecule has 2 nitrogen and oxygen atoms in total. The highest BCUT2D eigenvalue weighted by molar-refractivity contribution is 6.18. The number of aromatic nitrogens is 1. The van der Waals surface area contributed by atoms with Crippen molar-refractivity contribution in [3.05, 3.63) is 24.4 Å².